The molecule has 0 rings (SSSR count). The Bertz CT molecular complexity index is 269. The van der Waals surface area contributed by atoms with Crippen LogP contribution in [0.4, 0.5) is 0 Å². The van der Waals surface area contributed by atoms with Gasteiger partial charge in [0.25, 0.3) is 0 Å². The Morgan fingerprint density at radius 3 is 1.81 bits per heavy atom. The zero-order valence-corrected chi connectivity index (χ0v) is 15.1. The number of quaternary nitrogens is 1. The van der Waals surface area contributed by atoms with E-state index < -0.39 is 0 Å². The number of nitrogens with zero attached hydrogens (tertiary/aromatic N) is 1. The Balaban J connectivity index is 3.58. The van der Waals surface area contributed by atoms with Crippen molar-refractivity contribution in [3.8, 4) is 0 Å². The molecule has 0 spiro atoms. The van der Waals surface area contributed by atoms with Crippen LogP contribution in [0.5, 0.6) is 0 Å². The Hall–Kier alpha value is -0.560. The van der Waals surface area contributed by atoms with Gasteiger partial charge in [-0.2, -0.15) is 0 Å². The minimum Gasteiger partial charge on any atom is -0.319 e. The topological polar surface area (TPSA) is 0 Å². The summed E-state index contributed by atoms with van der Waals surface area (Å²) in [5, 5.41) is 0. The molecule has 0 aliphatic heterocycles. The second kappa shape index (κ2) is 13.1. The Labute approximate surface area is 134 Å². The Morgan fingerprint density at radius 1 is 0.905 bits per heavy atom. The number of likely N-dealkylation sites (N-methyl/N-ethyl adjacent to an activating group) is 1. The van der Waals surface area contributed by atoms with Crippen molar-refractivity contribution in [3.05, 3.63) is 24.8 Å². The van der Waals surface area contributed by atoms with E-state index in [4.69, 9.17) is 0 Å². The molecule has 1 unspecified atom stereocenters. The molecule has 1 atom stereocenters. The second-order valence-corrected chi connectivity index (χ2v) is 7.11. The number of hydrogen-bond donors (Lipinski definition) is 0. The molecule has 0 aromatic heterocycles. The predicted molar refractivity (Wildman–Crippen MR) is 97.6 cm³/mol. The van der Waals surface area contributed by atoms with Crippen molar-refractivity contribution in [2.45, 2.75) is 78.1 Å². The first kappa shape index (κ1) is 20.4. The molecule has 0 saturated heterocycles. The van der Waals surface area contributed by atoms with Gasteiger partial charge < -0.3 is 4.48 Å². The third kappa shape index (κ3) is 12.9. The van der Waals surface area contributed by atoms with Gasteiger partial charge in [0.1, 0.15) is 0 Å². The molecule has 0 saturated carbocycles. The first-order chi connectivity index (χ1) is 10.0. The van der Waals surface area contributed by atoms with E-state index in [1.807, 2.05) is 0 Å². The van der Waals surface area contributed by atoms with Crippen LogP contribution < -0.4 is 0 Å². The third-order valence-electron chi connectivity index (χ3n) is 4.27. The SMILES string of the molecule is C=CC[N+](C)(CCCCCCCCCCCC)CC(=C)C. The highest BCUT2D eigenvalue weighted by Gasteiger charge is 2.18. The van der Waals surface area contributed by atoms with E-state index in [1.165, 1.54) is 76.3 Å². The van der Waals surface area contributed by atoms with E-state index in [1.54, 1.807) is 0 Å². The lowest BCUT2D eigenvalue weighted by molar-refractivity contribution is -0.899. The standard InChI is InChI=1S/C20H40N/c1-6-8-9-10-11-12-13-14-15-16-18-21(5,17-7-2)19-20(3)4/h7H,2-3,6,8-19H2,1,4-5H3/q+1. The minimum atomic E-state index is 1.06. The van der Waals surface area contributed by atoms with E-state index in [9.17, 15) is 0 Å². The molecule has 0 aliphatic rings. The van der Waals surface area contributed by atoms with Gasteiger partial charge in [0.2, 0.25) is 0 Å². The molecule has 21 heavy (non-hydrogen) atoms. The molecule has 0 amide bonds. The molecule has 0 heterocycles. The van der Waals surface area contributed by atoms with Crippen LogP contribution in [0.1, 0.15) is 78.1 Å². The molecule has 0 radical (unpaired) electrons. The highest BCUT2D eigenvalue weighted by atomic mass is 15.3. The lowest BCUT2D eigenvalue weighted by Crippen LogP contribution is -2.45. The summed E-state index contributed by atoms with van der Waals surface area (Å²) < 4.78 is 1.08. The van der Waals surface area contributed by atoms with Crippen molar-refractivity contribution < 1.29 is 4.48 Å². The fourth-order valence-corrected chi connectivity index (χ4v) is 3.18. The molecular formula is C20H40N+. The monoisotopic (exact) mass is 294 g/mol. The normalized spacial score (nSPS) is 13.9. The summed E-state index contributed by atoms with van der Waals surface area (Å²) in [7, 11) is 2.34. The Kier molecular flexibility index (Phi) is 12.8. The van der Waals surface area contributed by atoms with Gasteiger partial charge in [-0.3, -0.25) is 0 Å². The fraction of sp³-hybridized carbons (Fsp3) is 0.800. The molecule has 0 N–H and O–H groups in total. The number of rotatable bonds is 15. The van der Waals surface area contributed by atoms with Crippen molar-refractivity contribution in [2.24, 2.45) is 0 Å². The quantitative estimate of drug-likeness (QED) is 0.194. The van der Waals surface area contributed by atoms with Gasteiger partial charge in [-0.25, -0.2) is 0 Å². The lowest BCUT2D eigenvalue weighted by atomic mass is 10.1. The Morgan fingerprint density at radius 2 is 1.38 bits per heavy atom. The maximum Gasteiger partial charge on any atom is 0.0998 e. The van der Waals surface area contributed by atoms with E-state index in [0.29, 0.717) is 0 Å². The van der Waals surface area contributed by atoms with Crippen LogP contribution in [-0.2, 0) is 0 Å². The molecule has 0 bridgehead atoms. The van der Waals surface area contributed by atoms with Crippen molar-refractivity contribution in [1.29, 1.82) is 0 Å². The number of hydrogen-bond acceptors (Lipinski definition) is 0. The molecule has 124 valence electrons. The highest BCUT2D eigenvalue weighted by molar-refractivity contribution is 4.88. The third-order valence-corrected chi connectivity index (χ3v) is 4.27. The van der Waals surface area contributed by atoms with Crippen LogP contribution in [0.15, 0.2) is 24.8 Å². The molecular weight excluding hydrogens is 254 g/mol. The highest BCUT2D eigenvalue weighted by Crippen LogP contribution is 2.13. The molecule has 0 fully saturated rings. The van der Waals surface area contributed by atoms with Crippen molar-refractivity contribution in [3.63, 3.8) is 0 Å². The van der Waals surface area contributed by atoms with Crippen LogP contribution in [0, 0.1) is 0 Å². The lowest BCUT2D eigenvalue weighted by Gasteiger charge is -2.34. The van der Waals surface area contributed by atoms with Crippen LogP contribution in [0.25, 0.3) is 0 Å². The smallest absolute Gasteiger partial charge is 0.0998 e. The van der Waals surface area contributed by atoms with E-state index in [0.717, 1.165) is 17.6 Å². The fourth-order valence-electron chi connectivity index (χ4n) is 3.18. The average molecular weight is 295 g/mol. The van der Waals surface area contributed by atoms with E-state index >= 15 is 0 Å². The summed E-state index contributed by atoms with van der Waals surface area (Å²) in [4.78, 5) is 0. The molecule has 0 aliphatic carbocycles. The zero-order chi connectivity index (χ0) is 16.0. The van der Waals surface area contributed by atoms with E-state index in [-0.39, 0.29) is 0 Å². The first-order valence-corrected chi connectivity index (χ1v) is 9.13. The van der Waals surface area contributed by atoms with Gasteiger partial charge in [0.05, 0.1) is 26.7 Å². The van der Waals surface area contributed by atoms with Crippen LogP contribution in [0.3, 0.4) is 0 Å². The van der Waals surface area contributed by atoms with Gasteiger partial charge in [0.15, 0.2) is 0 Å². The molecule has 0 aromatic rings. The van der Waals surface area contributed by atoms with E-state index in [2.05, 4.69) is 40.1 Å². The maximum atomic E-state index is 4.07. The molecule has 1 heteroatoms. The largest absolute Gasteiger partial charge is 0.319 e. The summed E-state index contributed by atoms with van der Waals surface area (Å²) in [5.41, 5.74) is 1.28. The first-order valence-electron chi connectivity index (χ1n) is 9.13. The summed E-state index contributed by atoms with van der Waals surface area (Å²) >= 11 is 0. The van der Waals surface area contributed by atoms with Crippen LogP contribution in [0.2, 0.25) is 0 Å². The van der Waals surface area contributed by atoms with Crippen molar-refractivity contribution >= 4 is 0 Å². The average Bonchev–Trinajstić information content (AvgIpc) is 2.40. The van der Waals surface area contributed by atoms with Crippen LogP contribution >= 0.6 is 0 Å². The molecule has 1 nitrogen and oxygen atoms in total. The van der Waals surface area contributed by atoms with Gasteiger partial charge in [-0.1, -0.05) is 71.4 Å². The van der Waals surface area contributed by atoms with Crippen molar-refractivity contribution in [1.82, 2.24) is 0 Å². The van der Waals surface area contributed by atoms with Crippen LogP contribution in [-0.4, -0.2) is 31.2 Å². The van der Waals surface area contributed by atoms with Gasteiger partial charge in [-0.15, -0.1) is 0 Å². The maximum absolute atomic E-state index is 4.07. The molecule has 0 aromatic carbocycles. The van der Waals surface area contributed by atoms with Gasteiger partial charge >= 0.3 is 0 Å². The summed E-state index contributed by atoms with van der Waals surface area (Å²) in [6, 6.07) is 0. The summed E-state index contributed by atoms with van der Waals surface area (Å²) in [6.07, 6.45) is 16.2. The van der Waals surface area contributed by atoms with Crippen molar-refractivity contribution in [2.75, 3.05) is 26.7 Å². The minimum absolute atomic E-state index is 1.06. The van der Waals surface area contributed by atoms with Gasteiger partial charge in [-0.05, 0) is 31.4 Å². The summed E-state index contributed by atoms with van der Waals surface area (Å²) in [5.74, 6) is 0. The number of unbranched alkanes of at least 4 members (excludes halogenated alkanes) is 9. The summed E-state index contributed by atoms with van der Waals surface area (Å²) in [6.45, 7) is 15.8. The second-order valence-electron chi connectivity index (χ2n) is 7.11. The predicted octanol–water partition coefficient (Wildman–Crippen LogP) is 6.12. The zero-order valence-electron chi connectivity index (χ0n) is 15.1. The van der Waals surface area contributed by atoms with Gasteiger partial charge in [0, 0.05) is 0 Å².